The summed E-state index contributed by atoms with van der Waals surface area (Å²) in [6.45, 7) is 7.00. The van der Waals surface area contributed by atoms with Crippen molar-refractivity contribution < 1.29 is 9.53 Å². The summed E-state index contributed by atoms with van der Waals surface area (Å²) in [5.74, 6) is -0.155. The van der Waals surface area contributed by atoms with Crippen LogP contribution in [0, 0.1) is 0 Å². The van der Waals surface area contributed by atoms with E-state index in [1.165, 1.54) is 7.11 Å². The van der Waals surface area contributed by atoms with Crippen LogP contribution in [0.4, 0.5) is 0 Å². The molecule has 1 atom stereocenters. The van der Waals surface area contributed by atoms with Crippen molar-refractivity contribution in [1.82, 2.24) is 0 Å². The molecule has 0 aromatic carbocycles. The molecule has 0 fully saturated rings. The first kappa shape index (κ1) is 11.2. The molecule has 0 heterocycles. The van der Waals surface area contributed by atoms with Crippen LogP contribution in [0.25, 0.3) is 0 Å². The standard InChI is InChI=1S/C11H18O2Si/c1-13-11(12)8-9-5-6-10(7-9)14(2,3)4/h5-7,10H,8H2,1-4H3. The summed E-state index contributed by atoms with van der Waals surface area (Å²) in [4.78, 5) is 11.0. The van der Waals surface area contributed by atoms with E-state index in [0.717, 1.165) is 5.57 Å². The lowest BCUT2D eigenvalue weighted by Gasteiger charge is -2.20. The Balaban J connectivity index is 2.61. The maximum absolute atomic E-state index is 11.0. The van der Waals surface area contributed by atoms with Gasteiger partial charge in [0.2, 0.25) is 0 Å². The average molecular weight is 210 g/mol. The summed E-state index contributed by atoms with van der Waals surface area (Å²) in [7, 11) is 0.286. The third-order valence-corrected chi connectivity index (χ3v) is 4.85. The molecule has 1 aliphatic carbocycles. The maximum Gasteiger partial charge on any atom is 0.309 e. The number of ether oxygens (including phenoxy) is 1. The van der Waals surface area contributed by atoms with Crippen molar-refractivity contribution in [1.29, 1.82) is 0 Å². The fourth-order valence-electron chi connectivity index (χ4n) is 1.46. The highest BCUT2D eigenvalue weighted by molar-refractivity contribution is 6.78. The number of allylic oxidation sites excluding steroid dienone is 3. The second-order valence-electron chi connectivity index (χ2n) is 4.75. The second kappa shape index (κ2) is 4.13. The zero-order chi connectivity index (χ0) is 10.8. The van der Waals surface area contributed by atoms with Crippen LogP contribution in [0.15, 0.2) is 23.8 Å². The Kier molecular flexibility index (Phi) is 3.32. The summed E-state index contributed by atoms with van der Waals surface area (Å²) < 4.78 is 4.63. The predicted molar refractivity (Wildman–Crippen MR) is 61.0 cm³/mol. The van der Waals surface area contributed by atoms with Crippen molar-refractivity contribution in [3.05, 3.63) is 23.8 Å². The van der Waals surface area contributed by atoms with E-state index in [4.69, 9.17) is 0 Å². The number of hydrogen-bond donors (Lipinski definition) is 0. The molecule has 0 amide bonds. The molecule has 0 N–H and O–H groups in total. The SMILES string of the molecule is COC(=O)CC1=CC([Si](C)(C)C)C=C1. The topological polar surface area (TPSA) is 26.3 Å². The molecule has 0 bridgehead atoms. The van der Waals surface area contributed by atoms with Crippen LogP contribution in [0.2, 0.25) is 25.2 Å². The minimum absolute atomic E-state index is 0.155. The molecule has 3 heteroatoms. The van der Waals surface area contributed by atoms with Crippen LogP contribution in [-0.4, -0.2) is 21.2 Å². The molecule has 1 unspecified atom stereocenters. The highest BCUT2D eigenvalue weighted by Gasteiger charge is 2.25. The Hall–Kier alpha value is -0.833. The lowest BCUT2D eigenvalue weighted by Crippen LogP contribution is -2.24. The fourth-order valence-corrected chi connectivity index (χ4v) is 2.85. The summed E-state index contributed by atoms with van der Waals surface area (Å²) in [5.41, 5.74) is 1.67. The van der Waals surface area contributed by atoms with Crippen molar-refractivity contribution in [3.8, 4) is 0 Å². The predicted octanol–water partition coefficient (Wildman–Crippen LogP) is 2.75. The maximum atomic E-state index is 11.0. The second-order valence-corrected chi connectivity index (χ2v) is 10.1. The monoisotopic (exact) mass is 210 g/mol. The van der Waals surface area contributed by atoms with Gasteiger partial charge in [0.25, 0.3) is 0 Å². The smallest absolute Gasteiger partial charge is 0.309 e. The molecule has 0 spiro atoms. The number of carbonyl (C=O) groups excluding carboxylic acids is 1. The van der Waals surface area contributed by atoms with E-state index >= 15 is 0 Å². The fraction of sp³-hybridized carbons (Fsp3) is 0.545. The van der Waals surface area contributed by atoms with Gasteiger partial charge in [-0.25, -0.2) is 0 Å². The number of hydrogen-bond acceptors (Lipinski definition) is 2. The van der Waals surface area contributed by atoms with Crippen molar-refractivity contribution >= 4 is 14.0 Å². The molecule has 0 radical (unpaired) electrons. The first-order valence-corrected chi connectivity index (χ1v) is 8.47. The Morgan fingerprint density at radius 1 is 1.50 bits per heavy atom. The normalized spacial score (nSPS) is 20.9. The van der Waals surface area contributed by atoms with Crippen molar-refractivity contribution in [2.45, 2.75) is 31.6 Å². The number of methoxy groups -OCH3 is 1. The minimum Gasteiger partial charge on any atom is -0.469 e. The van der Waals surface area contributed by atoms with Crippen LogP contribution in [0.1, 0.15) is 6.42 Å². The van der Waals surface area contributed by atoms with Crippen LogP contribution in [0.5, 0.6) is 0 Å². The quantitative estimate of drug-likeness (QED) is 0.529. The molecule has 14 heavy (non-hydrogen) atoms. The van der Waals surface area contributed by atoms with E-state index < -0.39 is 8.07 Å². The zero-order valence-corrected chi connectivity index (χ0v) is 10.3. The number of esters is 1. The van der Waals surface area contributed by atoms with Crippen LogP contribution < -0.4 is 0 Å². The Labute approximate surface area is 86.7 Å². The van der Waals surface area contributed by atoms with Gasteiger partial charge < -0.3 is 4.74 Å². The Morgan fingerprint density at radius 2 is 2.14 bits per heavy atom. The first-order chi connectivity index (χ1) is 6.43. The van der Waals surface area contributed by atoms with Gasteiger partial charge in [-0.1, -0.05) is 37.9 Å². The first-order valence-electron chi connectivity index (χ1n) is 4.89. The molecule has 0 aromatic heterocycles. The molecule has 0 saturated heterocycles. The lowest BCUT2D eigenvalue weighted by atomic mass is 10.2. The van der Waals surface area contributed by atoms with E-state index in [0.29, 0.717) is 12.0 Å². The van der Waals surface area contributed by atoms with Gasteiger partial charge in [-0.2, -0.15) is 0 Å². The minimum atomic E-state index is -1.14. The van der Waals surface area contributed by atoms with E-state index in [1.807, 2.05) is 0 Å². The highest BCUT2D eigenvalue weighted by Crippen LogP contribution is 2.32. The van der Waals surface area contributed by atoms with Gasteiger partial charge in [-0.15, -0.1) is 0 Å². The third-order valence-electron chi connectivity index (χ3n) is 2.49. The van der Waals surface area contributed by atoms with Crippen molar-refractivity contribution in [2.75, 3.05) is 7.11 Å². The van der Waals surface area contributed by atoms with Crippen LogP contribution >= 0.6 is 0 Å². The summed E-state index contributed by atoms with van der Waals surface area (Å²) in [6, 6.07) is 0. The van der Waals surface area contributed by atoms with Gasteiger partial charge in [0.1, 0.15) is 0 Å². The molecule has 1 rings (SSSR count). The summed E-state index contributed by atoms with van der Waals surface area (Å²) >= 11 is 0. The summed E-state index contributed by atoms with van der Waals surface area (Å²) in [5, 5.41) is 0. The number of rotatable bonds is 3. The zero-order valence-electron chi connectivity index (χ0n) is 9.33. The molecule has 1 aliphatic rings. The van der Waals surface area contributed by atoms with Crippen LogP contribution in [-0.2, 0) is 9.53 Å². The Morgan fingerprint density at radius 3 is 2.57 bits per heavy atom. The lowest BCUT2D eigenvalue weighted by molar-refractivity contribution is -0.139. The Bertz CT molecular complexity index is 284. The van der Waals surface area contributed by atoms with Gasteiger partial charge in [-0.05, 0) is 11.1 Å². The number of carbonyl (C=O) groups is 1. The molecule has 0 aliphatic heterocycles. The molecule has 0 aromatic rings. The van der Waals surface area contributed by atoms with Gasteiger partial charge in [0.05, 0.1) is 21.6 Å². The molecular formula is C11H18O2Si. The molecular weight excluding hydrogens is 192 g/mol. The largest absolute Gasteiger partial charge is 0.469 e. The van der Waals surface area contributed by atoms with E-state index in [9.17, 15) is 4.79 Å². The van der Waals surface area contributed by atoms with Crippen molar-refractivity contribution in [2.24, 2.45) is 0 Å². The summed E-state index contributed by atoms with van der Waals surface area (Å²) in [6.07, 6.45) is 6.89. The highest BCUT2D eigenvalue weighted by atomic mass is 28.3. The van der Waals surface area contributed by atoms with Crippen LogP contribution in [0.3, 0.4) is 0 Å². The van der Waals surface area contributed by atoms with Crippen molar-refractivity contribution in [3.63, 3.8) is 0 Å². The molecule has 2 nitrogen and oxygen atoms in total. The van der Waals surface area contributed by atoms with Gasteiger partial charge in [-0.3, -0.25) is 4.79 Å². The van der Waals surface area contributed by atoms with E-state index in [-0.39, 0.29) is 5.97 Å². The molecule has 78 valence electrons. The van der Waals surface area contributed by atoms with Gasteiger partial charge >= 0.3 is 5.97 Å². The van der Waals surface area contributed by atoms with Gasteiger partial charge in [0.15, 0.2) is 0 Å². The third kappa shape index (κ3) is 2.84. The van der Waals surface area contributed by atoms with E-state index in [2.05, 4.69) is 42.6 Å². The van der Waals surface area contributed by atoms with Gasteiger partial charge in [0, 0.05) is 0 Å². The molecule has 0 saturated carbocycles. The van der Waals surface area contributed by atoms with E-state index in [1.54, 1.807) is 0 Å². The average Bonchev–Trinajstić information content (AvgIpc) is 2.51.